The maximum atomic E-state index is 11.6. The Morgan fingerprint density at radius 2 is 1.25 bits per heavy atom. The second kappa shape index (κ2) is 6.11. The van der Waals surface area contributed by atoms with Crippen LogP contribution in [-0.4, -0.2) is 54.3 Å². The number of nitrogens with zero attached hydrogens (tertiary/aromatic N) is 2. The number of carbonyl (C=O) groups excluding carboxylic acids is 3. The minimum absolute atomic E-state index is 0.395. The number of hydrogen-bond acceptors (Lipinski definition) is 5. The Kier molecular flexibility index (Phi) is 4.46. The van der Waals surface area contributed by atoms with Crippen molar-refractivity contribution in [1.82, 2.24) is 9.80 Å². The summed E-state index contributed by atoms with van der Waals surface area (Å²) >= 11 is 0. The fraction of sp³-hybridized carbons (Fsp3) is 0.769. The van der Waals surface area contributed by atoms with Crippen molar-refractivity contribution in [3.63, 3.8) is 0 Å². The second-order valence-corrected chi connectivity index (χ2v) is 5.67. The molecule has 7 nitrogen and oxygen atoms in total. The molecule has 0 aliphatic carbocycles. The zero-order valence-electron chi connectivity index (χ0n) is 11.8. The molecule has 0 N–H and O–H groups in total. The highest BCUT2D eigenvalue weighted by atomic mass is 16.8. The summed E-state index contributed by atoms with van der Waals surface area (Å²) < 4.78 is 9.04. The zero-order valence-corrected chi connectivity index (χ0v) is 11.8. The topological polar surface area (TPSA) is 76.1 Å². The van der Waals surface area contributed by atoms with E-state index in [1.54, 1.807) is 0 Å². The number of hydrogen-bond donors (Lipinski definition) is 0. The van der Waals surface area contributed by atoms with Gasteiger partial charge in [0.1, 0.15) is 0 Å². The number of rotatable bonds is 0. The molecule has 0 aromatic carbocycles. The van der Waals surface area contributed by atoms with Crippen LogP contribution in [0.15, 0.2) is 0 Å². The molecule has 7 heteroatoms. The first-order valence-electron chi connectivity index (χ1n) is 6.93. The van der Waals surface area contributed by atoms with Gasteiger partial charge in [0.15, 0.2) is 0 Å². The molecule has 2 rings (SSSR count). The summed E-state index contributed by atoms with van der Waals surface area (Å²) in [6, 6.07) is 0. The molecule has 0 bridgehead atoms. The Bertz CT molecular complexity index is 376. The molecule has 112 valence electrons. The lowest BCUT2D eigenvalue weighted by Crippen LogP contribution is -2.35. The van der Waals surface area contributed by atoms with Crippen molar-refractivity contribution in [2.75, 3.05) is 26.2 Å². The smallest absolute Gasteiger partial charge is 0.343 e. The maximum Gasteiger partial charge on any atom is 0.526 e. The lowest BCUT2D eigenvalue weighted by Gasteiger charge is -2.16. The van der Waals surface area contributed by atoms with Crippen LogP contribution >= 0.6 is 0 Å². The molecule has 2 amide bonds. The monoisotopic (exact) mass is 284 g/mol. The fourth-order valence-corrected chi connectivity index (χ4v) is 2.49. The van der Waals surface area contributed by atoms with Crippen molar-refractivity contribution in [1.29, 1.82) is 0 Å². The minimum Gasteiger partial charge on any atom is -0.343 e. The van der Waals surface area contributed by atoms with Crippen molar-refractivity contribution < 1.29 is 23.9 Å². The molecule has 0 saturated carbocycles. The highest BCUT2D eigenvalue weighted by Gasteiger charge is 2.30. The van der Waals surface area contributed by atoms with Gasteiger partial charge in [-0.05, 0) is 24.7 Å². The molecule has 0 aromatic heterocycles. The van der Waals surface area contributed by atoms with Gasteiger partial charge in [0.2, 0.25) is 0 Å². The third-order valence-corrected chi connectivity index (χ3v) is 3.71. The Labute approximate surface area is 117 Å². The average Bonchev–Trinajstić information content (AvgIpc) is 2.97. The predicted octanol–water partition coefficient (Wildman–Crippen LogP) is 2.06. The van der Waals surface area contributed by atoms with Gasteiger partial charge < -0.3 is 19.3 Å². The average molecular weight is 284 g/mol. The summed E-state index contributed by atoms with van der Waals surface area (Å²) in [7, 11) is 0. The molecular formula is C13H20N2O5. The normalized spacial score (nSPS) is 25.7. The molecule has 2 unspecified atom stereocenters. The maximum absolute atomic E-state index is 11.6. The van der Waals surface area contributed by atoms with Crippen LogP contribution in [0.5, 0.6) is 0 Å². The highest BCUT2D eigenvalue weighted by Crippen LogP contribution is 2.17. The van der Waals surface area contributed by atoms with Crippen LogP contribution in [0.4, 0.5) is 14.4 Å². The molecule has 2 fully saturated rings. The second-order valence-electron chi connectivity index (χ2n) is 5.67. The van der Waals surface area contributed by atoms with Gasteiger partial charge in [-0.1, -0.05) is 13.8 Å². The van der Waals surface area contributed by atoms with E-state index in [1.165, 1.54) is 9.80 Å². The molecular weight excluding hydrogens is 264 g/mol. The minimum atomic E-state index is -1.25. The van der Waals surface area contributed by atoms with E-state index in [9.17, 15) is 14.4 Å². The number of amides is 2. The molecule has 2 heterocycles. The predicted molar refractivity (Wildman–Crippen MR) is 69.1 cm³/mol. The summed E-state index contributed by atoms with van der Waals surface area (Å²) in [5, 5.41) is 0. The fourth-order valence-electron chi connectivity index (χ4n) is 2.49. The number of likely N-dealkylation sites (tertiary alicyclic amines) is 2. The first-order valence-corrected chi connectivity index (χ1v) is 6.93. The Morgan fingerprint density at radius 3 is 1.55 bits per heavy atom. The molecule has 2 aliphatic heterocycles. The summed E-state index contributed by atoms with van der Waals surface area (Å²) in [4.78, 5) is 37.5. The van der Waals surface area contributed by atoms with Crippen LogP contribution in [0, 0.1) is 11.8 Å². The molecule has 0 spiro atoms. The number of ether oxygens (including phenoxy) is 2. The van der Waals surface area contributed by atoms with Crippen molar-refractivity contribution in [2.24, 2.45) is 11.8 Å². The Balaban J connectivity index is 1.74. The van der Waals surface area contributed by atoms with Gasteiger partial charge in [0, 0.05) is 26.2 Å². The van der Waals surface area contributed by atoms with E-state index in [0.29, 0.717) is 38.0 Å². The third kappa shape index (κ3) is 3.61. The summed E-state index contributed by atoms with van der Waals surface area (Å²) in [5.41, 5.74) is 0. The zero-order chi connectivity index (χ0) is 14.7. The van der Waals surface area contributed by atoms with E-state index >= 15 is 0 Å². The van der Waals surface area contributed by atoms with Crippen molar-refractivity contribution >= 4 is 18.3 Å². The van der Waals surface area contributed by atoms with Gasteiger partial charge in [0.25, 0.3) is 0 Å². The van der Waals surface area contributed by atoms with Crippen LogP contribution in [0.25, 0.3) is 0 Å². The van der Waals surface area contributed by atoms with Crippen LogP contribution in [-0.2, 0) is 9.47 Å². The van der Waals surface area contributed by atoms with Crippen LogP contribution in [0.2, 0.25) is 0 Å². The van der Waals surface area contributed by atoms with Gasteiger partial charge in [-0.3, -0.25) is 0 Å². The molecule has 0 aromatic rings. The van der Waals surface area contributed by atoms with Crippen molar-refractivity contribution in [2.45, 2.75) is 26.7 Å². The van der Waals surface area contributed by atoms with E-state index < -0.39 is 18.3 Å². The Morgan fingerprint density at radius 1 is 0.850 bits per heavy atom. The lowest BCUT2D eigenvalue weighted by atomic mass is 10.2. The highest BCUT2D eigenvalue weighted by molar-refractivity contribution is 5.87. The van der Waals surface area contributed by atoms with Crippen molar-refractivity contribution in [3.05, 3.63) is 0 Å². The van der Waals surface area contributed by atoms with E-state index in [2.05, 4.69) is 9.47 Å². The van der Waals surface area contributed by atoms with E-state index in [0.717, 1.165) is 12.8 Å². The van der Waals surface area contributed by atoms with Crippen LogP contribution in [0.1, 0.15) is 26.7 Å². The van der Waals surface area contributed by atoms with Gasteiger partial charge in [-0.25, -0.2) is 14.4 Å². The van der Waals surface area contributed by atoms with E-state index in [-0.39, 0.29) is 0 Å². The van der Waals surface area contributed by atoms with Crippen molar-refractivity contribution in [3.8, 4) is 0 Å². The lowest BCUT2D eigenvalue weighted by molar-refractivity contribution is 0.0680. The third-order valence-electron chi connectivity index (χ3n) is 3.71. The summed E-state index contributed by atoms with van der Waals surface area (Å²) in [6.07, 6.45) is -0.980. The van der Waals surface area contributed by atoms with E-state index in [1.807, 2.05) is 13.8 Å². The van der Waals surface area contributed by atoms with Gasteiger partial charge in [-0.2, -0.15) is 0 Å². The molecule has 2 aliphatic rings. The van der Waals surface area contributed by atoms with E-state index in [4.69, 9.17) is 0 Å². The number of carbonyl (C=O) groups is 3. The standard InChI is InChI=1S/C13H20N2O5/c1-9-3-5-14(7-9)11(16)19-13(18)20-12(17)15-6-4-10(2)8-15/h9-10H,3-8H2,1-2H3. The summed E-state index contributed by atoms with van der Waals surface area (Å²) in [5.74, 6) is 0.789. The molecule has 20 heavy (non-hydrogen) atoms. The molecule has 2 saturated heterocycles. The van der Waals surface area contributed by atoms with Gasteiger partial charge in [0.05, 0.1) is 0 Å². The van der Waals surface area contributed by atoms with Gasteiger partial charge in [-0.15, -0.1) is 0 Å². The summed E-state index contributed by atoms with van der Waals surface area (Å²) in [6.45, 7) is 6.27. The first-order chi connectivity index (χ1) is 9.45. The van der Waals surface area contributed by atoms with Crippen LogP contribution < -0.4 is 0 Å². The van der Waals surface area contributed by atoms with Crippen LogP contribution in [0.3, 0.4) is 0 Å². The molecule has 2 atom stereocenters. The van der Waals surface area contributed by atoms with Gasteiger partial charge >= 0.3 is 18.3 Å². The molecule has 0 radical (unpaired) electrons. The first kappa shape index (κ1) is 14.6. The SMILES string of the molecule is CC1CCN(C(=O)OC(=O)OC(=O)N2CCC(C)C2)C1. The quantitative estimate of drug-likeness (QED) is 0.502. The Hall–Kier alpha value is -1.79. The largest absolute Gasteiger partial charge is 0.526 e.